The van der Waals surface area contributed by atoms with Crippen molar-refractivity contribution in [2.24, 2.45) is 0 Å². The Balaban J connectivity index is 2.27. The van der Waals surface area contributed by atoms with Crippen molar-refractivity contribution in [2.75, 3.05) is 13.7 Å². The number of hydrogen-bond donors (Lipinski definition) is 1. The van der Waals surface area contributed by atoms with Gasteiger partial charge in [-0.05, 0) is 49.2 Å². The fourth-order valence-corrected chi connectivity index (χ4v) is 4.34. The Labute approximate surface area is 175 Å². The summed E-state index contributed by atoms with van der Waals surface area (Å²) >= 11 is 3.38. The average Bonchev–Trinajstić information content (AvgIpc) is 2.68. The molecule has 4 nitrogen and oxygen atoms in total. The van der Waals surface area contributed by atoms with Crippen molar-refractivity contribution < 1.29 is 27.8 Å². The number of aliphatic carboxylic acids is 1. The first-order valence-corrected chi connectivity index (χ1v) is 10.0. The van der Waals surface area contributed by atoms with Crippen LogP contribution >= 0.6 is 15.9 Å². The van der Waals surface area contributed by atoms with Gasteiger partial charge in [-0.15, -0.1) is 0 Å². The van der Waals surface area contributed by atoms with Crippen molar-refractivity contribution in [3.05, 3.63) is 63.6 Å². The predicted octanol–water partition coefficient (Wildman–Crippen LogP) is 5.51. The number of rotatable bonds is 5. The summed E-state index contributed by atoms with van der Waals surface area (Å²) in [4.78, 5) is 13.6. The quantitative estimate of drug-likeness (QED) is 0.624. The lowest BCUT2D eigenvalue weighted by Crippen LogP contribution is -2.47. The summed E-state index contributed by atoms with van der Waals surface area (Å²) < 4.78 is 47.6. The minimum Gasteiger partial charge on any atom is -0.496 e. The van der Waals surface area contributed by atoms with Crippen LogP contribution in [-0.2, 0) is 11.0 Å². The first kappa shape index (κ1) is 21.6. The molecule has 156 valence electrons. The number of carboxylic acids is 1. The monoisotopic (exact) mass is 471 g/mol. The van der Waals surface area contributed by atoms with Gasteiger partial charge in [0, 0.05) is 10.0 Å². The number of likely N-dealkylation sites (tertiary alicyclic amines) is 1. The van der Waals surface area contributed by atoms with E-state index in [-0.39, 0.29) is 5.56 Å². The van der Waals surface area contributed by atoms with Gasteiger partial charge in [-0.2, -0.15) is 13.2 Å². The van der Waals surface area contributed by atoms with Crippen molar-refractivity contribution >= 4 is 21.9 Å². The lowest BCUT2D eigenvalue weighted by Gasteiger charge is -2.40. The zero-order valence-electron chi connectivity index (χ0n) is 15.7. The molecule has 29 heavy (non-hydrogen) atoms. The number of ether oxygens (including phenoxy) is 1. The molecule has 0 amide bonds. The number of hydrogen-bond acceptors (Lipinski definition) is 3. The summed E-state index contributed by atoms with van der Waals surface area (Å²) in [7, 11) is 1.45. The van der Waals surface area contributed by atoms with Crippen molar-refractivity contribution in [1.29, 1.82) is 0 Å². The number of carbonyl (C=O) groups is 1. The molecule has 0 aliphatic carbocycles. The molecule has 0 bridgehead atoms. The van der Waals surface area contributed by atoms with Crippen LogP contribution in [0.15, 0.2) is 46.9 Å². The van der Waals surface area contributed by atoms with Gasteiger partial charge in [0.25, 0.3) is 0 Å². The molecule has 3 rings (SSSR count). The second-order valence-corrected chi connectivity index (χ2v) is 7.88. The Hall–Kier alpha value is -2.06. The van der Waals surface area contributed by atoms with Crippen LogP contribution < -0.4 is 4.74 Å². The molecule has 1 heterocycles. The summed E-state index contributed by atoms with van der Waals surface area (Å²) in [5.41, 5.74) is -0.266. The fourth-order valence-electron chi connectivity index (χ4n) is 3.97. The van der Waals surface area contributed by atoms with Gasteiger partial charge < -0.3 is 9.84 Å². The Morgan fingerprint density at radius 1 is 1.21 bits per heavy atom. The number of carboxylic acid groups (broad SMARTS) is 1. The molecule has 1 saturated heterocycles. The van der Waals surface area contributed by atoms with Gasteiger partial charge in [0.15, 0.2) is 0 Å². The van der Waals surface area contributed by atoms with E-state index in [1.165, 1.54) is 19.2 Å². The number of alkyl halides is 3. The summed E-state index contributed by atoms with van der Waals surface area (Å²) in [6.07, 6.45) is -2.75. The summed E-state index contributed by atoms with van der Waals surface area (Å²) in [6.45, 7) is 0.378. The number of methoxy groups -OCH3 is 1. The second-order valence-electron chi connectivity index (χ2n) is 6.96. The molecule has 8 heteroatoms. The molecule has 2 aromatic carbocycles. The van der Waals surface area contributed by atoms with E-state index in [1.54, 1.807) is 29.2 Å². The van der Waals surface area contributed by atoms with Gasteiger partial charge in [0.05, 0.1) is 18.7 Å². The highest BCUT2D eigenvalue weighted by atomic mass is 79.9. The highest BCUT2D eigenvalue weighted by molar-refractivity contribution is 9.10. The van der Waals surface area contributed by atoms with Crippen LogP contribution in [0.5, 0.6) is 5.75 Å². The minimum absolute atomic E-state index is 0.0181. The van der Waals surface area contributed by atoms with Crippen molar-refractivity contribution in [3.8, 4) is 5.75 Å². The topological polar surface area (TPSA) is 49.8 Å². The third kappa shape index (κ3) is 4.59. The zero-order chi connectivity index (χ0) is 21.2. The number of benzene rings is 2. The SMILES string of the molecule is COc1ccc(Br)cc1C(c1ccccc1C(F)(F)F)N1CCCCC1C(=O)O. The highest BCUT2D eigenvalue weighted by Gasteiger charge is 2.41. The smallest absolute Gasteiger partial charge is 0.416 e. The normalized spacial score (nSPS) is 19.0. The Kier molecular flexibility index (Phi) is 6.53. The van der Waals surface area contributed by atoms with Crippen molar-refractivity contribution in [1.82, 2.24) is 4.90 Å². The molecule has 0 spiro atoms. The molecule has 1 N–H and O–H groups in total. The highest BCUT2D eigenvalue weighted by Crippen LogP contribution is 2.44. The van der Waals surface area contributed by atoms with E-state index in [4.69, 9.17) is 4.74 Å². The van der Waals surface area contributed by atoms with Crippen LogP contribution in [0, 0.1) is 0 Å². The van der Waals surface area contributed by atoms with Crippen LogP contribution in [0.3, 0.4) is 0 Å². The molecule has 1 aliphatic rings. The molecule has 0 saturated carbocycles. The van der Waals surface area contributed by atoms with Crippen molar-refractivity contribution in [2.45, 2.75) is 37.5 Å². The van der Waals surface area contributed by atoms with Crippen LogP contribution in [0.1, 0.15) is 42.0 Å². The lowest BCUT2D eigenvalue weighted by atomic mass is 9.88. The molecule has 0 radical (unpaired) electrons. The lowest BCUT2D eigenvalue weighted by molar-refractivity contribution is -0.145. The summed E-state index contributed by atoms with van der Waals surface area (Å²) in [6, 6.07) is 8.65. The number of piperidine rings is 1. The Bertz CT molecular complexity index is 888. The fraction of sp³-hybridized carbons (Fsp3) is 0.381. The van der Waals surface area contributed by atoms with Crippen LogP contribution in [0.2, 0.25) is 0 Å². The summed E-state index contributed by atoms with van der Waals surface area (Å²) in [5, 5.41) is 9.76. The molecule has 1 aliphatic heterocycles. The molecule has 0 aromatic heterocycles. The van der Waals surface area contributed by atoms with E-state index in [2.05, 4.69) is 15.9 Å². The van der Waals surface area contributed by atoms with E-state index in [0.717, 1.165) is 12.5 Å². The van der Waals surface area contributed by atoms with Crippen molar-refractivity contribution in [3.63, 3.8) is 0 Å². The van der Waals surface area contributed by atoms with Crippen LogP contribution in [0.25, 0.3) is 0 Å². The van der Waals surface area contributed by atoms with Gasteiger partial charge in [0.2, 0.25) is 0 Å². The molecule has 2 aromatic rings. The second kappa shape index (κ2) is 8.75. The third-order valence-corrected chi connectivity index (χ3v) is 5.70. The number of halogens is 4. The summed E-state index contributed by atoms with van der Waals surface area (Å²) in [5.74, 6) is -0.627. The van der Waals surface area contributed by atoms with E-state index in [9.17, 15) is 23.1 Å². The van der Waals surface area contributed by atoms with E-state index >= 15 is 0 Å². The van der Waals surface area contributed by atoms with Crippen LogP contribution in [0.4, 0.5) is 13.2 Å². The Morgan fingerprint density at radius 2 is 1.93 bits per heavy atom. The van der Waals surface area contributed by atoms with Gasteiger partial charge in [-0.3, -0.25) is 9.69 Å². The maximum Gasteiger partial charge on any atom is 0.416 e. The third-order valence-electron chi connectivity index (χ3n) is 5.21. The first-order chi connectivity index (χ1) is 13.7. The molecule has 2 atom stereocenters. The van der Waals surface area contributed by atoms with Crippen LogP contribution in [-0.4, -0.2) is 35.7 Å². The molecule has 1 fully saturated rings. The average molecular weight is 472 g/mol. The number of nitrogens with zero attached hydrogens (tertiary/aromatic N) is 1. The standard InChI is InChI=1S/C21H21BrF3NO3/c1-29-18-10-9-13(22)12-15(18)19(26-11-5-4-8-17(26)20(27)28)14-6-2-3-7-16(14)21(23,24)25/h2-3,6-7,9-10,12,17,19H,4-5,8,11H2,1H3,(H,27,28). The zero-order valence-corrected chi connectivity index (χ0v) is 17.3. The van der Waals surface area contributed by atoms with Gasteiger partial charge in [0.1, 0.15) is 11.8 Å². The van der Waals surface area contributed by atoms with E-state index < -0.39 is 29.8 Å². The molecule has 2 unspecified atom stereocenters. The van der Waals surface area contributed by atoms with E-state index in [1.807, 2.05) is 0 Å². The largest absolute Gasteiger partial charge is 0.496 e. The Morgan fingerprint density at radius 3 is 2.59 bits per heavy atom. The van der Waals surface area contributed by atoms with E-state index in [0.29, 0.717) is 35.2 Å². The first-order valence-electron chi connectivity index (χ1n) is 9.22. The molecular formula is C21H21BrF3NO3. The van der Waals surface area contributed by atoms with Gasteiger partial charge >= 0.3 is 12.1 Å². The minimum atomic E-state index is -4.57. The maximum atomic E-state index is 13.8. The molecular weight excluding hydrogens is 451 g/mol. The maximum absolute atomic E-state index is 13.8. The predicted molar refractivity (Wildman–Crippen MR) is 106 cm³/mol. The van der Waals surface area contributed by atoms with Gasteiger partial charge in [-0.25, -0.2) is 0 Å². The van der Waals surface area contributed by atoms with Gasteiger partial charge in [-0.1, -0.05) is 40.5 Å².